The van der Waals surface area contributed by atoms with Crippen LogP contribution in [0.5, 0.6) is 0 Å². The standard InChI is InChI=1S/C24H33N3O/c1-15(2)27-14-16-12-22-20(19-9-6-10-21(27)23(16)19)11-17(13-26(22)3)24(28)25-18-7-4-5-8-18/h6,9-10,14-15,17-18,20,22H,4-5,7-8,11-13H2,1-3H3,(H,25,28)/t17-,20?,22-/m1/s1. The summed E-state index contributed by atoms with van der Waals surface area (Å²) in [4.78, 5) is 15.5. The molecule has 3 aliphatic rings. The zero-order valence-corrected chi connectivity index (χ0v) is 17.4. The lowest BCUT2D eigenvalue weighted by atomic mass is 9.72. The summed E-state index contributed by atoms with van der Waals surface area (Å²) in [6.45, 7) is 5.41. The van der Waals surface area contributed by atoms with Crippen LogP contribution >= 0.6 is 0 Å². The van der Waals surface area contributed by atoms with Gasteiger partial charge < -0.3 is 14.8 Å². The van der Waals surface area contributed by atoms with Gasteiger partial charge in [0.05, 0.1) is 5.92 Å². The molecule has 5 rings (SSSR count). The van der Waals surface area contributed by atoms with Crippen LogP contribution in [0.3, 0.4) is 0 Å². The summed E-state index contributed by atoms with van der Waals surface area (Å²) in [5.41, 5.74) is 4.32. The zero-order valence-electron chi connectivity index (χ0n) is 17.4. The Morgan fingerprint density at radius 1 is 1.21 bits per heavy atom. The molecule has 150 valence electrons. The van der Waals surface area contributed by atoms with E-state index in [2.05, 4.69) is 60.1 Å². The van der Waals surface area contributed by atoms with Gasteiger partial charge >= 0.3 is 0 Å². The van der Waals surface area contributed by atoms with E-state index in [1.54, 1.807) is 0 Å². The molecule has 2 aliphatic carbocycles. The fraction of sp³-hybridized carbons (Fsp3) is 0.625. The molecule has 1 aromatic heterocycles. The van der Waals surface area contributed by atoms with Gasteiger partial charge in [0.25, 0.3) is 0 Å². The van der Waals surface area contributed by atoms with Crippen molar-refractivity contribution in [2.45, 2.75) is 76.4 Å². The number of benzene rings is 1. The number of amides is 1. The van der Waals surface area contributed by atoms with E-state index in [0.717, 1.165) is 32.2 Å². The third-order valence-corrected chi connectivity index (χ3v) is 7.50. The number of rotatable bonds is 3. The Morgan fingerprint density at radius 3 is 2.75 bits per heavy atom. The van der Waals surface area contributed by atoms with Gasteiger partial charge in [0.1, 0.15) is 0 Å². The third kappa shape index (κ3) is 2.88. The van der Waals surface area contributed by atoms with Crippen molar-refractivity contribution < 1.29 is 4.79 Å². The predicted octanol–water partition coefficient (Wildman–Crippen LogP) is 4.24. The highest BCUT2D eigenvalue weighted by molar-refractivity contribution is 5.89. The highest BCUT2D eigenvalue weighted by Crippen LogP contribution is 2.45. The minimum atomic E-state index is 0.107. The second-order valence-electron chi connectivity index (χ2n) is 9.64. The number of likely N-dealkylation sites (tertiary alicyclic amines) is 1. The van der Waals surface area contributed by atoms with Crippen molar-refractivity contribution in [3.8, 4) is 0 Å². The van der Waals surface area contributed by atoms with Crippen molar-refractivity contribution >= 4 is 16.8 Å². The zero-order chi connectivity index (χ0) is 19.4. The highest BCUT2D eigenvalue weighted by Gasteiger charge is 2.42. The molecule has 4 nitrogen and oxygen atoms in total. The number of likely N-dealkylation sites (N-methyl/N-ethyl adjacent to an activating group) is 1. The van der Waals surface area contributed by atoms with Gasteiger partial charge in [-0.05, 0) is 63.8 Å². The Bertz CT molecular complexity index is 893. The summed E-state index contributed by atoms with van der Waals surface area (Å²) in [5.74, 6) is 0.850. The first-order chi connectivity index (χ1) is 13.5. The molecule has 4 heteroatoms. The van der Waals surface area contributed by atoms with Crippen LogP contribution in [0.1, 0.15) is 69.0 Å². The van der Waals surface area contributed by atoms with E-state index in [4.69, 9.17) is 0 Å². The van der Waals surface area contributed by atoms with Crippen LogP contribution in [0.2, 0.25) is 0 Å². The quantitative estimate of drug-likeness (QED) is 0.866. The minimum Gasteiger partial charge on any atom is -0.353 e. The Balaban J connectivity index is 1.46. The summed E-state index contributed by atoms with van der Waals surface area (Å²) in [6.07, 6.45) is 9.30. The van der Waals surface area contributed by atoms with Gasteiger partial charge in [0, 0.05) is 47.7 Å². The van der Waals surface area contributed by atoms with Crippen LogP contribution in [-0.4, -0.2) is 41.1 Å². The van der Waals surface area contributed by atoms with E-state index in [9.17, 15) is 4.79 Å². The Morgan fingerprint density at radius 2 is 2.00 bits per heavy atom. The predicted molar refractivity (Wildman–Crippen MR) is 114 cm³/mol. The lowest BCUT2D eigenvalue weighted by molar-refractivity contribution is -0.128. The smallest absolute Gasteiger partial charge is 0.224 e. The van der Waals surface area contributed by atoms with Crippen molar-refractivity contribution in [2.24, 2.45) is 5.92 Å². The summed E-state index contributed by atoms with van der Waals surface area (Å²) in [6, 6.07) is 8.19. The number of aromatic nitrogens is 1. The second-order valence-corrected chi connectivity index (χ2v) is 9.64. The normalized spacial score (nSPS) is 28.1. The van der Waals surface area contributed by atoms with Crippen molar-refractivity contribution in [3.05, 3.63) is 35.5 Å². The van der Waals surface area contributed by atoms with Crippen LogP contribution in [0.4, 0.5) is 0 Å². The van der Waals surface area contributed by atoms with E-state index >= 15 is 0 Å². The fourth-order valence-electron chi connectivity index (χ4n) is 6.08. The molecule has 1 amide bonds. The Kier molecular flexibility index (Phi) is 4.50. The first-order valence-corrected chi connectivity index (χ1v) is 11.2. The van der Waals surface area contributed by atoms with Crippen LogP contribution in [0, 0.1) is 5.92 Å². The third-order valence-electron chi connectivity index (χ3n) is 7.50. The molecule has 3 atom stereocenters. The summed E-state index contributed by atoms with van der Waals surface area (Å²) in [5, 5.41) is 4.82. The molecule has 1 aliphatic heterocycles. The maximum absolute atomic E-state index is 13.0. The number of nitrogens with zero attached hydrogens (tertiary/aromatic N) is 2. The minimum absolute atomic E-state index is 0.107. The van der Waals surface area contributed by atoms with Gasteiger partial charge in [0.15, 0.2) is 0 Å². The fourth-order valence-corrected chi connectivity index (χ4v) is 6.08. The van der Waals surface area contributed by atoms with Gasteiger partial charge in [-0.15, -0.1) is 0 Å². The topological polar surface area (TPSA) is 37.3 Å². The van der Waals surface area contributed by atoms with E-state index in [1.807, 2.05) is 0 Å². The van der Waals surface area contributed by atoms with Crippen LogP contribution in [0.15, 0.2) is 24.4 Å². The van der Waals surface area contributed by atoms with Gasteiger partial charge in [-0.25, -0.2) is 0 Å². The average Bonchev–Trinajstić information content (AvgIpc) is 3.31. The molecule has 0 spiro atoms. The van der Waals surface area contributed by atoms with E-state index in [-0.39, 0.29) is 11.8 Å². The molecule has 1 saturated heterocycles. The number of piperidine rings is 1. The van der Waals surface area contributed by atoms with Crippen LogP contribution < -0.4 is 5.32 Å². The second kappa shape index (κ2) is 6.91. The number of hydrogen-bond donors (Lipinski definition) is 1. The molecule has 0 radical (unpaired) electrons. The molecule has 0 bridgehead atoms. The molecule has 2 heterocycles. The van der Waals surface area contributed by atoms with Crippen LogP contribution in [0.25, 0.3) is 10.9 Å². The molecule has 1 N–H and O–H groups in total. The first-order valence-electron chi connectivity index (χ1n) is 11.2. The summed E-state index contributed by atoms with van der Waals surface area (Å²) < 4.78 is 2.43. The van der Waals surface area contributed by atoms with E-state index in [1.165, 1.54) is 34.9 Å². The SMILES string of the molecule is CC(C)n1cc2c3c(cccc31)C1C[C@@H](C(=O)NC3CCCC3)CN(C)[C@@H]1C2. The molecular formula is C24H33N3O. The van der Waals surface area contributed by atoms with Gasteiger partial charge in [0.2, 0.25) is 5.91 Å². The Hall–Kier alpha value is -1.81. The van der Waals surface area contributed by atoms with Crippen molar-refractivity contribution in [1.82, 2.24) is 14.8 Å². The van der Waals surface area contributed by atoms with Crippen molar-refractivity contribution in [2.75, 3.05) is 13.6 Å². The number of carbonyl (C=O) groups is 1. The summed E-state index contributed by atoms with van der Waals surface area (Å²) in [7, 11) is 2.22. The van der Waals surface area contributed by atoms with Gasteiger partial charge in [-0.2, -0.15) is 0 Å². The molecule has 1 saturated carbocycles. The van der Waals surface area contributed by atoms with Gasteiger partial charge in [-0.1, -0.05) is 25.0 Å². The number of fused-ring (bicyclic) bond motifs is 2. The largest absolute Gasteiger partial charge is 0.353 e. The maximum Gasteiger partial charge on any atom is 0.224 e. The maximum atomic E-state index is 13.0. The monoisotopic (exact) mass is 379 g/mol. The number of carbonyl (C=O) groups excluding carboxylic acids is 1. The number of hydrogen-bond acceptors (Lipinski definition) is 2. The molecule has 2 fully saturated rings. The van der Waals surface area contributed by atoms with E-state index in [0.29, 0.717) is 24.0 Å². The lowest BCUT2D eigenvalue weighted by Gasteiger charge is -2.45. The molecular weight excluding hydrogens is 346 g/mol. The van der Waals surface area contributed by atoms with Crippen LogP contribution in [-0.2, 0) is 11.2 Å². The average molecular weight is 380 g/mol. The van der Waals surface area contributed by atoms with Crippen molar-refractivity contribution in [3.63, 3.8) is 0 Å². The van der Waals surface area contributed by atoms with E-state index < -0.39 is 0 Å². The molecule has 28 heavy (non-hydrogen) atoms. The van der Waals surface area contributed by atoms with Gasteiger partial charge in [-0.3, -0.25) is 4.79 Å². The molecule has 1 aromatic carbocycles. The lowest BCUT2D eigenvalue weighted by Crippen LogP contribution is -2.52. The highest BCUT2D eigenvalue weighted by atomic mass is 16.2. The summed E-state index contributed by atoms with van der Waals surface area (Å²) >= 11 is 0. The van der Waals surface area contributed by atoms with Crippen molar-refractivity contribution in [1.29, 1.82) is 0 Å². The molecule has 2 aromatic rings. The Labute approximate surface area is 168 Å². The number of nitrogens with one attached hydrogen (secondary N) is 1. The molecule has 1 unspecified atom stereocenters. The first kappa shape index (κ1) is 18.2.